The molecule has 2 aromatic heterocycles. The summed E-state index contributed by atoms with van der Waals surface area (Å²) in [6.07, 6.45) is 3.31. The van der Waals surface area contributed by atoms with E-state index in [0.29, 0.717) is 72.6 Å². The molecule has 4 N–H and O–H groups in total. The topological polar surface area (TPSA) is 153 Å². The zero-order valence-electron chi connectivity index (χ0n) is 29.3. The number of aromatic amines is 1. The molecule has 0 saturated carbocycles. The standard InChI is InChI=1S/C38H42N10O4/c1-46(2)15-5-10-32(49)39-28-7-3-6-26(24-28)34-33-35(37(50)40-27-11-13-30(14-12-27)47-16-20-51-21-17-47)44-45-36(33)43-38(42-34)41-29-8-4-9-31(25-29)48-18-22-52-23-19-48/h3-14,24-25H,15-23H2,1-2H3,(H,39,49)(H,40,50)(H2,41,42,43,44,45)/b10-5+. The highest BCUT2D eigenvalue weighted by Crippen LogP contribution is 2.32. The maximum Gasteiger partial charge on any atom is 0.276 e. The number of hydrogen-bond donors (Lipinski definition) is 4. The lowest BCUT2D eigenvalue weighted by Gasteiger charge is -2.29. The highest BCUT2D eigenvalue weighted by molar-refractivity contribution is 6.14. The van der Waals surface area contributed by atoms with Crippen molar-refractivity contribution in [2.24, 2.45) is 0 Å². The van der Waals surface area contributed by atoms with E-state index >= 15 is 0 Å². The summed E-state index contributed by atoms with van der Waals surface area (Å²) in [6, 6.07) is 23.1. The second-order valence-corrected chi connectivity index (χ2v) is 12.8. The lowest BCUT2D eigenvalue weighted by molar-refractivity contribution is -0.111. The Morgan fingerprint density at radius 2 is 1.50 bits per heavy atom. The van der Waals surface area contributed by atoms with Crippen LogP contribution < -0.4 is 25.8 Å². The normalized spacial score (nSPS) is 15.0. The van der Waals surface area contributed by atoms with Crippen LogP contribution >= 0.6 is 0 Å². The number of likely N-dealkylation sites (N-methyl/N-ethyl adjacent to an activating group) is 1. The van der Waals surface area contributed by atoms with Crippen molar-refractivity contribution >= 4 is 57.2 Å². The Morgan fingerprint density at radius 1 is 0.808 bits per heavy atom. The summed E-state index contributed by atoms with van der Waals surface area (Å²) in [4.78, 5) is 42.7. The number of hydrogen-bond acceptors (Lipinski definition) is 11. The second kappa shape index (κ2) is 16.0. The minimum absolute atomic E-state index is 0.143. The van der Waals surface area contributed by atoms with Crippen LogP contribution in [0.1, 0.15) is 10.5 Å². The lowest BCUT2D eigenvalue weighted by Crippen LogP contribution is -2.36. The summed E-state index contributed by atoms with van der Waals surface area (Å²) in [5, 5.41) is 17.1. The van der Waals surface area contributed by atoms with Crippen molar-refractivity contribution in [1.82, 2.24) is 25.1 Å². The van der Waals surface area contributed by atoms with Crippen LogP contribution in [0.4, 0.5) is 34.4 Å². The molecule has 2 fully saturated rings. The van der Waals surface area contributed by atoms with Gasteiger partial charge in [-0.1, -0.05) is 24.3 Å². The summed E-state index contributed by atoms with van der Waals surface area (Å²) in [7, 11) is 3.87. The molecule has 268 valence electrons. The summed E-state index contributed by atoms with van der Waals surface area (Å²) >= 11 is 0. The highest BCUT2D eigenvalue weighted by atomic mass is 16.5. The van der Waals surface area contributed by atoms with Crippen molar-refractivity contribution in [3.05, 3.63) is 90.6 Å². The van der Waals surface area contributed by atoms with Crippen molar-refractivity contribution in [3.8, 4) is 11.3 Å². The van der Waals surface area contributed by atoms with Crippen LogP contribution in [-0.4, -0.2) is 110 Å². The molecule has 5 aromatic rings. The van der Waals surface area contributed by atoms with E-state index in [0.717, 1.165) is 43.2 Å². The van der Waals surface area contributed by atoms with Gasteiger partial charge in [0, 0.05) is 72.8 Å². The monoisotopic (exact) mass is 702 g/mol. The van der Waals surface area contributed by atoms with E-state index in [2.05, 4.69) is 48.1 Å². The lowest BCUT2D eigenvalue weighted by atomic mass is 10.1. The van der Waals surface area contributed by atoms with Crippen LogP contribution in [0.15, 0.2) is 84.9 Å². The predicted octanol–water partition coefficient (Wildman–Crippen LogP) is 4.75. The SMILES string of the molecule is CN(C)C/C=C/C(=O)Nc1cccc(-c2nc(Nc3cccc(N4CCOCC4)c3)nc3[nH]nc(C(=O)Nc4ccc(N5CCOCC5)cc4)c23)c1. The van der Waals surface area contributed by atoms with Crippen LogP contribution in [0.2, 0.25) is 0 Å². The number of amides is 2. The first-order valence-corrected chi connectivity index (χ1v) is 17.3. The first-order valence-electron chi connectivity index (χ1n) is 17.3. The molecule has 3 aromatic carbocycles. The number of anilines is 6. The maximum absolute atomic E-state index is 13.8. The number of ether oxygens (including phenoxy) is 2. The van der Waals surface area contributed by atoms with Crippen LogP contribution in [0.25, 0.3) is 22.3 Å². The molecule has 0 radical (unpaired) electrons. The molecule has 2 aliphatic rings. The Balaban J connectivity index is 1.20. The molecule has 0 unspecified atom stereocenters. The quantitative estimate of drug-likeness (QED) is 0.141. The van der Waals surface area contributed by atoms with E-state index in [9.17, 15) is 9.59 Å². The number of aromatic nitrogens is 4. The molecule has 2 aliphatic heterocycles. The average Bonchev–Trinajstić information content (AvgIpc) is 3.60. The van der Waals surface area contributed by atoms with Gasteiger partial charge in [0.15, 0.2) is 11.3 Å². The molecule has 4 heterocycles. The fraction of sp³-hybridized carbons (Fsp3) is 0.289. The van der Waals surface area contributed by atoms with Gasteiger partial charge < -0.3 is 40.1 Å². The first kappa shape index (κ1) is 34.6. The van der Waals surface area contributed by atoms with Crippen LogP contribution in [-0.2, 0) is 14.3 Å². The van der Waals surface area contributed by atoms with E-state index in [1.165, 1.54) is 6.08 Å². The molecule has 14 heteroatoms. The zero-order valence-corrected chi connectivity index (χ0v) is 29.3. The molecule has 0 aliphatic carbocycles. The summed E-state index contributed by atoms with van der Waals surface area (Å²) in [6.45, 7) is 6.65. The minimum atomic E-state index is -0.412. The highest BCUT2D eigenvalue weighted by Gasteiger charge is 2.23. The Morgan fingerprint density at radius 3 is 2.23 bits per heavy atom. The number of nitrogens with zero attached hydrogens (tertiary/aromatic N) is 6. The average molecular weight is 703 g/mol. The number of H-pyrrole nitrogens is 1. The third-order valence-electron chi connectivity index (χ3n) is 8.76. The maximum atomic E-state index is 13.8. The third kappa shape index (κ3) is 8.37. The van der Waals surface area contributed by atoms with Gasteiger partial charge >= 0.3 is 0 Å². The molecular formula is C38H42N10O4. The Hall–Kier alpha value is -5.83. The summed E-state index contributed by atoms with van der Waals surface area (Å²) in [5.41, 5.74) is 5.80. The Bertz CT molecular complexity index is 2050. The summed E-state index contributed by atoms with van der Waals surface area (Å²) < 4.78 is 11.0. The minimum Gasteiger partial charge on any atom is -0.378 e. The summed E-state index contributed by atoms with van der Waals surface area (Å²) in [5.74, 6) is -0.348. The van der Waals surface area contributed by atoms with Crippen LogP contribution in [0.3, 0.4) is 0 Å². The molecule has 14 nitrogen and oxygen atoms in total. The third-order valence-corrected chi connectivity index (χ3v) is 8.76. The van der Waals surface area contributed by atoms with Gasteiger partial charge in [0.05, 0.1) is 37.5 Å². The Labute approximate surface area is 301 Å². The van der Waals surface area contributed by atoms with E-state index in [4.69, 9.17) is 19.4 Å². The van der Waals surface area contributed by atoms with Gasteiger partial charge in [-0.2, -0.15) is 10.1 Å². The van der Waals surface area contributed by atoms with Crippen molar-refractivity contribution in [2.75, 3.05) is 99.0 Å². The zero-order chi connectivity index (χ0) is 35.9. The molecule has 52 heavy (non-hydrogen) atoms. The van der Waals surface area contributed by atoms with Crippen molar-refractivity contribution < 1.29 is 19.1 Å². The fourth-order valence-electron chi connectivity index (χ4n) is 6.16. The van der Waals surface area contributed by atoms with Gasteiger partial charge in [-0.05, 0) is 68.7 Å². The number of morpholine rings is 2. The first-order chi connectivity index (χ1) is 25.4. The van der Waals surface area contributed by atoms with Gasteiger partial charge in [-0.3, -0.25) is 14.7 Å². The number of carbonyl (C=O) groups excluding carboxylic acids is 2. The molecule has 2 saturated heterocycles. The Kier molecular flexibility index (Phi) is 10.7. The van der Waals surface area contributed by atoms with E-state index in [-0.39, 0.29) is 11.6 Å². The van der Waals surface area contributed by atoms with E-state index in [1.54, 1.807) is 12.1 Å². The molecule has 0 atom stereocenters. The van der Waals surface area contributed by atoms with Gasteiger partial charge in [-0.25, -0.2) is 4.98 Å². The fourth-order valence-corrected chi connectivity index (χ4v) is 6.16. The van der Waals surface area contributed by atoms with Crippen molar-refractivity contribution in [3.63, 3.8) is 0 Å². The van der Waals surface area contributed by atoms with E-state index in [1.807, 2.05) is 73.6 Å². The molecular weight excluding hydrogens is 660 g/mol. The van der Waals surface area contributed by atoms with Crippen LogP contribution in [0.5, 0.6) is 0 Å². The molecule has 2 amide bonds. The predicted molar refractivity (Wildman–Crippen MR) is 204 cm³/mol. The molecule has 0 bridgehead atoms. The molecule has 0 spiro atoms. The van der Waals surface area contributed by atoms with Crippen LogP contribution in [0, 0.1) is 0 Å². The largest absolute Gasteiger partial charge is 0.378 e. The number of rotatable bonds is 11. The number of fused-ring (bicyclic) bond motifs is 1. The van der Waals surface area contributed by atoms with Gasteiger partial charge in [0.25, 0.3) is 5.91 Å². The van der Waals surface area contributed by atoms with Crippen molar-refractivity contribution in [1.29, 1.82) is 0 Å². The second-order valence-electron chi connectivity index (χ2n) is 12.8. The number of nitrogens with one attached hydrogen (secondary N) is 4. The van der Waals surface area contributed by atoms with Gasteiger partial charge in [0.2, 0.25) is 11.9 Å². The van der Waals surface area contributed by atoms with Crippen molar-refractivity contribution in [2.45, 2.75) is 0 Å². The number of carbonyl (C=O) groups is 2. The number of benzene rings is 3. The van der Waals surface area contributed by atoms with E-state index < -0.39 is 5.91 Å². The van der Waals surface area contributed by atoms with Gasteiger partial charge in [0.1, 0.15) is 0 Å². The molecule has 7 rings (SSSR count). The van der Waals surface area contributed by atoms with Gasteiger partial charge in [-0.15, -0.1) is 0 Å². The smallest absolute Gasteiger partial charge is 0.276 e.